The maximum atomic E-state index is 11.2. The molecule has 2 N–H and O–H groups in total. The van der Waals surface area contributed by atoms with Crippen molar-refractivity contribution < 1.29 is 14.7 Å². The molecule has 4 heteroatoms. The van der Waals surface area contributed by atoms with Crippen LogP contribution in [-0.4, -0.2) is 23.5 Å². The van der Waals surface area contributed by atoms with E-state index in [0.717, 1.165) is 0 Å². The largest absolute Gasteiger partial charge is 0.481 e. The van der Waals surface area contributed by atoms with Crippen molar-refractivity contribution in [1.29, 1.82) is 0 Å². The number of carboxylic acid groups (broad SMARTS) is 1. The van der Waals surface area contributed by atoms with Crippen LogP contribution in [0.1, 0.15) is 13.8 Å². The van der Waals surface area contributed by atoms with Crippen molar-refractivity contribution in [3.8, 4) is 0 Å². The van der Waals surface area contributed by atoms with Crippen molar-refractivity contribution in [3.63, 3.8) is 0 Å². The smallest absolute Gasteiger partial charge is 0.307 e. The van der Waals surface area contributed by atoms with Crippen molar-refractivity contribution >= 4 is 11.9 Å². The first-order valence-corrected chi connectivity index (χ1v) is 4.12. The van der Waals surface area contributed by atoms with Crippen LogP contribution < -0.4 is 5.32 Å². The highest BCUT2D eigenvalue weighted by molar-refractivity contribution is 5.84. The molecular formula is C9H15NO3. The van der Waals surface area contributed by atoms with Gasteiger partial charge in [-0.05, 0) is 0 Å². The second-order valence-electron chi connectivity index (χ2n) is 2.95. The Labute approximate surface area is 77.6 Å². The van der Waals surface area contributed by atoms with E-state index in [0.29, 0.717) is 6.54 Å². The van der Waals surface area contributed by atoms with E-state index >= 15 is 0 Å². The molecule has 0 fully saturated rings. The lowest BCUT2D eigenvalue weighted by molar-refractivity contribution is -0.146. The summed E-state index contributed by atoms with van der Waals surface area (Å²) >= 11 is 0. The third kappa shape index (κ3) is 3.73. The van der Waals surface area contributed by atoms with Crippen molar-refractivity contribution in [2.45, 2.75) is 13.8 Å². The highest BCUT2D eigenvalue weighted by atomic mass is 16.4. The number of hydrogen-bond donors (Lipinski definition) is 2. The molecule has 2 unspecified atom stereocenters. The molecule has 2 atom stereocenters. The third-order valence-corrected chi connectivity index (χ3v) is 1.97. The van der Waals surface area contributed by atoms with Gasteiger partial charge in [-0.15, -0.1) is 6.58 Å². The maximum Gasteiger partial charge on any atom is 0.307 e. The molecule has 74 valence electrons. The highest BCUT2D eigenvalue weighted by Gasteiger charge is 2.24. The molecular weight excluding hydrogens is 170 g/mol. The second-order valence-corrected chi connectivity index (χ2v) is 2.95. The number of carbonyl (C=O) groups excluding carboxylic acids is 1. The number of amides is 1. The summed E-state index contributed by atoms with van der Waals surface area (Å²) in [4.78, 5) is 21.7. The Kier molecular flexibility index (Phi) is 4.80. The van der Waals surface area contributed by atoms with Crippen LogP contribution in [0.15, 0.2) is 12.7 Å². The Balaban J connectivity index is 4.08. The SMILES string of the molecule is C=CCNC(=O)C(C)C(C)C(=O)O. The van der Waals surface area contributed by atoms with Gasteiger partial charge in [0.1, 0.15) is 0 Å². The highest BCUT2D eigenvalue weighted by Crippen LogP contribution is 2.10. The average molecular weight is 185 g/mol. The number of hydrogen-bond acceptors (Lipinski definition) is 2. The fourth-order valence-electron chi connectivity index (χ4n) is 0.775. The van der Waals surface area contributed by atoms with E-state index in [1.54, 1.807) is 13.0 Å². The zero-order valence-corrected chi connectivity index (χ0v) is 7.91. The minimum Gasteiger partial charge on any atom is -0.481 e. The minimum atomic E-state index is -0.957. The fraction of sp³-hybridized carbons (Fsp3) is 0.556. The van der Waals surface area contributed by atoms with E-state index in [4.69, 9.17) is 5.11 Å². The van der Waals surface area contributed by atoms with Gasteiger partial charge in [-0.3, -0.25) is 9.59 Å². The van der Waals surface area contributed by atoms with Crippen molar-refractivity contribution in [1.82, 2.24) is 5.32 Å². The molecule has 0 radical (unpaired) electrons. The summed E-state index contributed by atoms with van der Waals surface area (Å²) in [5.74, 6) is -2.39. The Bertz CT molecular complexity index is 213. The molecule has 0 rings (SSSR count). The van der Waals surface area contributed by atoms with E-state index in [1.165, 1.54) is 6.92 Å². The van der Waals surface area contributed by atoms with Gasteiger partial charge in [0.05, 0.1) is 5.92 Å². The standard InChI is InChI=1S/C9H15NO3/c1-4-5-10-8(11)6(2)7(3)9(12)13/h4,6-7H,1,5H2,2-3H3,(H,10,11)(H,12,13). The molecule has 1 amide bonds. The van der Waals surface area contributed by atoms with Gasteiger partial charge in [0.2, 0.25) is 5.91 Å². The topological polar surface area (TPSA) is 66.4 Å². The predicted molar refractivity (Wildman–Crippen MR) is 49.2 cm³/mol. The second kappa shape index (κ2) is 5.35. The van der Waals surface area contributed by atoms with Crippen molar-refractivity contribution in [3.05, 3.63) is 12.7 Å². The summed E-state index contributed by atoms with van der Waals surface area (Å²) in [6.07, 6.45) is 1.55. The predicted octanol–water partition coefficient (Wildman–Crippen LogP) is 0.645. The van der Waals surface area contributed by atoms with E-state index < -0.39 is 17.8 Å². The van der Waals surface area contributed by atoms with Gasteiger partial charge in [0.25, 0.3) is 0 Å². The Morgan fingerprint density at radius 1 is 1.46 bits per heavy atom. The molecule has 0 saturated carbocycles. The lowest BCUT2D eigenvalue weighted by atomic mass is 9.95. The van der Waals surface area contributed by atoms with E-state index in [-0.39, 0.29) is 5.91 Å². The summed E-state index contributed by atoms with van der Waals surface area (Å²) < 4.78 is 0. The average Bonchev–Trinajstić information content (AvgIpc) is 2.11. The van der Waals surface area contributed by atoms with Gasteiger partial charge in [0.15, 0.2) is 0 Å². The Morgan fingerprint density at radius 2 is 2.00 bits per heavy atom. The first-order chi connectivity index (χ1) is 6.00. The molecule has 0 spiro atoms. The Hall–Kier alpha value is -1.32. The fourth-order valence-corrected chi connectivity index (χ4v) is 0.775. The zero-order valence-electron chi connectivity index (χ0n) is 7.91. The lowest BCUT2D eigenvalue weighted by Gasteiger charge is -2.14. The quantitative estimate of drug-likeness (QED) is 0.618. The van der Waals surface area contributed by atoms with Crippen LogP contribution in [-0.2, 0) is 9.59 Å². The van der Waals surface area contributed by atoms with Gasteiger partial charge < -0.3 is 10.4 Å². The van der Waals surface area contributed by atoms with E-state index in [2.05, 4.69) is 11.9 Å². The molecule has 0 aliphatic carbocycles. The summed E-state index contributed by atoms with van der Waals surface area (Å²) in [6, 6.07) is 0. The molecule has 0 aliphatic heterocycles. The molecule has 0 aromatic heterocycles. The van der Waals surface area contributed by atoms with Crippen LogP contribution in [0.2, 0.25) is 0 Å². The molecule has 0 bridgehead atoms. The first-order valence-electron chi connectivity index (χ1n) is 4.12. The van der Waals surface area contributed by atoms with Gasteiger partial charge >= 0.3 is 5.97 Å². The molecule has 13 heavy (non-hydrogen) atoms. The summed E-state index contributed by atoms with van der Waals surface area (Å²) in [5, 5.41) is 11.2. The van der Waals surface area contributed by atoms with Gasteiger partial charge in [-0.25, -0.2) is 0 Å². The lowest BCUT2D eigenvalue weighted by Crippen LogP contribution is -2.35. The summed E-state index contributed by atoms with van der Waals surface area (Å²) in [6.45, 7) is 6.92. The summed E-state index contributed by atoms with van der Waals surface area (Å²) in [5.41, 5.74) is 0. The van der Waals surface area contributed by atoms with Gasteiger partial charge in [0, 0.05) is 12.5 Å². The van der Waals surface area contributed by atoms with Gasteiger partial charge in [-0.1, -0.05) is 19.9 Å². The van der Waals surface area contributed by atoms with Crippen LogP contribution in [0.5, 0.6) is 0 Å². The van der Waals surface area contributed by atoms with E-state index in [9.17, 15) is 9.59 Å². The normalized spacial score (nSPS) is 14.3. The van der Waals surface area contributed by atoms with Crippen LogP contribution in [0.4, 0.5) is 0 Å². The summed E-state index contributed by atoms with van der Waals surface area (Å²) in [7, 11) is 0. The molecule has 0 aromatic carbocycles. The number of rotatable bonds is 5. The molecule has 0 heterocycles. The molecule has 0 aromatic rings. The number of aliphatic carboxylic acids is 1. The zero-order chi connectivity index (χ0) is 10.4. The van der Waals surface area contributed by atoms with Crippen LogP contribution in [0, 0.1) is 11.8 Å². The number of nitrogens with one attached hydrogen (secondary N) is 1. The Morgan fingerprint density at radius 3 is 2.38 bits per heavy atom. The van der Waals surface area contributed by atoms with Crippen LogP contribution in [0.25, 0.3) is 0 Å². The molecule has 0 aliphatic rings. The first kappa shape index (κ1) is 11.7. The third-order valence-electron chi connectivity index (χ3n) is 1.97. The maximum absolute atomic E-state index is 11.2. The molecule has 0 saturated heterocycles. The number of carboxylic acids is 1. The molecule has 4 nitrogen and oxygen atoms in total. The van der Waals surface area contributed by atoms with E-state index in [1.807, 2.05) is 0 Å². The number of carbonyl (C=O) groups is 2. The van der Waals surface area contributed by atoms with Crippen molar-refractivity contribution in [2.75, 3.05) is 6.54 Å². The van der Waals surface area contributed by atoms with Crippen LogP contribution >= 0.6 is 0 Å². The minimum absolute atomic E-state index is 0.255. The van der Waals surface area contributed by atoms with Crippen LogP contribution in [0.3, 0.4) is 0 Å². The van der Waals surface area contributed by atoms with Crippen molar-refractivity contribution in [2.24, 2.45) is 11.8 Å². The van der Waals surface area contributed by atoms with Gasteiger partial charge in [-0.2, -0.15) is 0 Å². The monoisotopic (exact) mass is 185 g/mol.